The Morgan fingerprint density at radius 1 is 1.24 bits per heavy atom. The molecule has 4 atom stereocenters. The van der Waals surface area contributed by atoms with E-state index in [2.05, 4.69) is 9.97 Å². The topological polar surface area (TPSA) is 151 Å². The number of aromatic nitrogens is 4. The number of nitrogens with zero attached hydrogens (tertiary/aromatic N) is 3. The molecule has 0 spiro atoms. The number of rotatable bonds is 2. The van der Waals surface area contributed by atoms with Gasteiger partial charge in [0.05, 0.1) is 6.61 Å². The SMILES string of the molecule is O=c1[nH]c(=O)n(C2OC(CO)C(O)C2O)c2nccnc12. The van der Waals surface area contributed by atoms with Crippen molar-refractivity contribution in [2.75, 3.05) is 6.61 Å². The minimum atomic E-state index is -1.46. The maximum Gasteiger partial charge on any atom is 0.332 e. The van der Waals surface area contributed by atoms with Crippen LogP contribution in [0.15, 0.2) is 22.0 Å². The number of fused-ring (bicyclic) bond motifs is 1. The van der Waals surface area contributed by atoms with E-state index >= 15 is 0 Å². The number of H-pyrrole nitrogens is 1. The van der Waals surface area contributed by atoms with Crippen LogP contribution in [0.4, 0.5) is 0 Å². The lowest BCUT2D eigenvalue weighted by atomic mass is 10.1. The number of aliphatic hydroxyl groups excluding tert-OH is 3. The molecule has 1 saturated heterocycles. The normalized spacial score (nSPS) is 29.1. The molecule has 2 aromatic heterocycles. The van der Waals surface area contributed by atoms with Crippen LogP contribution in [0.25, 0.3) is 11.2 Å². The summed E-state index contributed by atoms with van der Waals surface area (Å²) in [6.07, 6.45) is -2.61. The Morgan fingerprint density at radius 3 is 2.62 bits per heavy atom. The van der Waals surface area contributed by atoms with E-state index < -0.39 is 42.4 Å². The van der Waals surface area contributed by atoms with E-state index in [1.165, 1.54) is 12.4 Å². The van der Waals surface area contributed by atoms with Gasteiger partial charge in [-0.3, -0.25) is 9.78 Å². The van der Waals surface area contributed by atoms with Gasteiger partial charge in [0.1, 0.15) is 18.3 Å². The molecule has 21 heavy (non-hydrogen) atoms. The molecule has 4 N–H and O–H groups in total. The third-order valence-corrected chi connectivity index (χ3v) is 3.33. The van der Waals surface area contributed by atoms with Crippen LogP contribution in [0.5, 0.6) is 0 Å². The van der Waals surface area contributed by atoms with E-state index in [4.69, 9.17) is 9.84 Å². The number of nitrogens with one attached hydrogen (secondary N) is 1. The summed E-state index contributed by atoms with van der Waals surface area (Å²) in [6, 6.07) is 0. The monoisotopic (exact) mass is 296 g/mol. The Balaban J connectivity index is 2.22. The maximum atomic E-state index is 12.0. The summed E-state index contributed by atoms with van der Waals surface area (Å²) in [5, 5.41) is 28.8. The average molecular weight is 296 g/mol. The summed E-state index contributed by atoms with van der Waals surface area (Å²) in [4.78, 5) is 33.4. The zero-order chi connectivity index (χ0) is 15.1. The maximum absolute atomic E-state index is 12.0. The van der Waals surface area contributed by atoms with Crippen molar-refractivity contribution in [1.82, 2.24) is 19.5 Å². The van der Waals surface area contributed by atoms with Gasteiger partial charge in [-0.05, 0) is 0 Å². The molecule has 0 bridgehead atoms. The Morgan fingerprint density at radius 2 is 1.95 bits per heavy atom. The Labute approximate surface area is 116 Å². The second kappa shape index (κ2) is 5.00. The standard InChI is InChI=1S/C11H12N4O6/c16-3-4-6(17)7(18)10(21-4)15-8-5(12-1-2-13-8)9(19)14-11(15)20/h1-2,4,6-7,10,16-18H,3H2,(H,14,19,20). The van der Waals surface area contributed by atoms with E-state index in [1.807, 2.05) is 4.98 Å². The molecule has 1 fully saturated rings. The number of aliphatic hydroxyl groups is 3. The summed E-state index contributed by atoms with van der Waals surface area (Å²) < 4.78 is 6.17. The number of aromatic amines is 1. The first-order chi connectivity index (χ1) is 10.0. The third-order valence-electron chi connectivity index (χ3n) is 3.33. The Hall–Kier alpha value is -2.14. The van der Waals surface area contributed by atoms with Crippen molar-refractivity contribution in [2.45, 2.75) is 24.5 Å². The minimum absolute atomic E-state index is 0.0823. The second-order valence-electron chi connectivity index (χ2n) is 4.59. The van der Waals surface area contributed by atoms with Crippen LogP contribution < -0.4 is 11.2 Å². The summed E-state index contributed by atoms with van der Waals surface area (Å²) >= 11 is 0. The van der Waals surface area contributed by atoms with Crippen molar-refractivity contribution in [2.24, 2.45) is 0 Å². The number of ether oxygens (including phenoxy) is 1. The molecule has 0 amide bonds. The summed E-state index contributed by atoms with van der Waals surface area (Å²) in [7, 11) is 0. The van der Waals surface area contributed by atoms with Crippen molar-refractivity contribution < 1.29 is 20.1 Å². The molecule has 1 aliphatic heterocycles. The van der Waals surface area contributed by atoms with Gasteiger partial charge in [-0.25, -0.2) is 19.3 Å². The molecule has 10 nitrogen and oxygen atoms in total. The quantitative estimate of drug-likeness (QED) is 0.460. The molecule has 10 heteroatoms. The van der Waals surface area contributed by atoms with Crippen molar-refractivity contribution >= 4 is 11.2 Å². The zero-order valence-corrected chi connectivity index (χ0v) is 10.6. The largest absolute Gasteiger partial charge is 0.394 e. The van der Waals surface area contributed by atoms with Gasteiger partial charge in [0.25, 0.3) is 5.56 Å². The van der Waals surface area contributed by atoms with Gasteiger partial charge in [-0.2, -0.15) is 0 Å². The molecule has 112 valence electrons. The minimum Gasteiger partial charge on any atom is -0.394 e. The first-order valence-electron chi connectivity index (χ1n) is 6.12. The van der Waals surface area contributed by atoms with Gasteiger partial charge >= 0.3 is 5.69 Å². The lowest BCUT2D eigenvalue weighted by Crippen LogP contribution is -2.39. The van der Waals surface area contributed by atoms with Crippen LogP contribution in [-0.2, 0) is 4.74 Å². The van der Waals surface area contributed by atoms with Crippen LogP contribution in [0.1, 0.15) is 6.23 Å². The Kier molecular flexibility index (Phi) is 3.29. The molecule has 1 aliphatic rings. The molecular formula is C11H12N4O6. The fourth-order valence-electron chi connectivity index (χ4n) is 2.31. The third kappa shape index (κ3) is 2.05. The molecule has 0 aromatic carbocycles. The number of hydrogen-bond donors (Lipinski definition) is 4. The summed E-state index contributed by atoms with van der Waals surface area (Å²) in [5.41, 5.74) is -1.76. The van der Waals surface area contributed by atoms with Crippen LogP contribution in [0.2, 0.25) is 0 Å². The van der Waals surface area contributed by atoms with Crippen LogP contribution in [0, 0.1) is 0 Å². The Bertz CT molecular complexity index is 786. The summed E-state index contributed by atoms with van der Waals surface area (Å²) in [6.45, 7) is -0.531. The van der Waals surface area contributed by atoms with Crippen molar-refractivity contribution in [1.29, 1.82) is 0 Å². The molecular weight excluding hydrogens is 284 g/mol. The second-order valence-corrected chi connectivity index (χ2v) is 4.59. The van der Waals surface area contributed by atoms with Crippen LogP contribution in [-0.4, -0.2) is 59.8 Å². The highest BCUT2D eigenvalue weighted by Gasteiger charge is 2.44. The predicted molar refractivity (Wildman–Crippen MR) is 67.4 cm³/mol. The highest BCUT2D eigenvalue weighted by Crippen LogP contribution is 2.29. The molecule has 3 rings (SSSR count). The average Bonchev–Trinajstić information content (AvgIpc) is 2.75. The van der Waals surface area contributed by atoms with E-state index in [-0.39, 0.29) is 11.2 Å². The van der Waals surface area contributed by atoms with Crippen molar-refractivity contribution in [3.05, 3.63) is 33.2 Å². The highest BCUT2D eigenvalue weighted by molar-refractivity contribution is 5.67. The van der Waals surface area contributed by atoms with E-state index in [9.17, 15) is 19.8 Å². The smallest absolute Gasteiger partial charge is 0.332 e. The molecule has 0 aliphatic carbocycles. The predicted octanol–water partition coefficient (Wildman–Crippen LogP) is -2.91. The van der Waals surface area contributed by atoms with Gasteiger partial charge in [-0.15, -0.1) is 0 Å². The van der Waals surface area contributed by atoms with Gasteiger partial charge in [0, 0.05) is 12.4 Å². The first kappa shape index (κ1) is 13.8. The van der Waals surface area contributed by atoms with Crippen LogP contribution in [0.3, 0.4) is 0 Å². The molecule has 0 radical (unpaired) electrons. The van der Waals surface area contributed by atoms with Crippen LogP contribution >= 0.6 is 0 Å². The van der Waals surface area contributed by atoms with E-state index in [0.29, 0.717) is 0 Å². The summed E-state index contributed by atoms with van der Waals surface area (Å²) in [5.74, 6) is 0. The molecule has 3 heterocycles. The fourth-order valence-corrected chi connectivity index (χ4v) is 2.31. The van der Waals surface area contributed by atoms with Gasteiger partial charge in [0.15, 0.2) is 17.4 Å². The van der Waals surface area contributed by atoms with E-state index in [1.54, 1.807) is 0 Å². The van der Waals surface area contributed by atoms with Crippen molar-refractivity contribution in [3.63, 3.8) is 0 Å². The molecule has 0 saturated carbocycles. The zero-order valence-electron chi connectivity index (χ0n) is 10.6. The van der Waals surface area contributed by atoms with Crippen molar-refractivity contribution in [3.8, 4) is 0 Å². The molecule has 4 unspecified atom stereocenters. The van der Waals surface area contributed by atoms with Gasteiger partial charge < -0.3 is 20.1 Å². The first-order valence-corrected chi connectivity index (χ1v) is 6.12. The lowest BCUT2D eigenvalue weighted by Gasteiger charge is -2.18. The number of hydrogen-bond acceptors (Lipinski definition) is 8. The van der Waals surface area contributed by atoms with E-state index in [0.717, 1.165) is 4.57 Å². The van der Waals surface area contributed by atoms with Gasteiger partial charge in [-0.1, -0.05) is 0 Å². The fraction of sp³-hybridized carbons (Fsp3) is 0.455. The molecule has 2 aromatic rings. The lowest BCUT2D eigenvalue weighted by molar-refractivity contribution is -0.0530. The highest BCUT2D eigenvalue weighted by atomic mass is 16.6. The van der Waals surface area contributed by atoms with Gasteiger partial charge in [0.2, 0.25) is 0 Å².